The van der Waals surface area contributed by atoms with Crippen molar-refractivity contribution < 1.29 is 62.7 Å². The number of nitrogens with one attached hydrogen (secondary N) is 5. The Bertz CT molecular complexity index is 1430. The van der Waals surface area contributed by atoms with Crippen LogP contribution >= 0.6 is 0 Å². The third-order valence-corrected chi connectivity index (χ3v) is 9.67. The standard InChI is InChI=1S/C45H75N5O13/c1-36(51)32-48-38-20-18-37(19-21-38)33-49-43(55)35-63-31-29-61-27-25-47-42(54)34-62-30-28-60-26-24-46-40(52)23-22-39(45(58)59)50-41(53)16-14-12-10-8-6-4-2-3-5-7-9-11-13-15-17-44(56)57/h18-21,39,48H,2-17,22-35H2,1H3,(H,46,52)(H,47,54)(H,49,55)(H,50,53)(H,56,57)(H,58,59)/t39-/m0/s1. The van der Waals surface area contributed by atoms with Crippen LogP contribution < -0.4 is 26.6 Å². The number of amides is 4. The van der Waals surface area contributed by atoms with Crippen LogP contribution in [0.15, 0.2) is 24.3 Å². The van der Waals surface area contributed by atoms with Crippen molar-refractivity contribution in [3.63, 3.8) is 0 Å². The molecule has 0 aliphatic heterocycles. The topological polar surface area (TPSA) is 257 Å². The van der Waals surface area contributed by atoms with E-state index in [0.29, 0.717) is 13.0 Å². The maximum atomic E-state index is 12.3. The molecule has 1 aromatic rings. The highest BCUT2D eigenvalue weighted by Crippen LogP contribution is 2.14. The molecule has 0 saturated heterocycles. The molecule has 0 radical (unpaired) electrons. The van der Waals surface area contributed by atoms with E-state index in [2.05, 4.69) is 26.6 Å². The van der Waals surface area contributed by atoms with Crippen LogP contribution in [0.1, 0.15) is 128 Å². The van der Waals surface area contributed by atoms with Crippen molar-refractivity contribution in [3.8, 4) is 0 Å². The molecule has 0 unspecified atom stereocenters. The van der Waals surface area contributed by atoms with Crippen LogP contribution in [0.2, 0.25) is 0 Å². The summed E-state index contributed by atoms with van der Waals surface area (Å²) < 4.78 is 21.4. The van der Waals surface area contributed by atoms with Crippen molar-refractivity contribution in [1.82, 2.24) is 21.3 Å². The normalized spacial score (nSPS) is 11.4. The minimum atomic E-state index is -1.18. The molecule has 0 fully saturated rings. The van der Waals surface area contributed by atoms with E-state index in [1.165, 1.54) is 51.9 Å². The zero-order valence-corrected chi connectivity index (χ0v) is 37.5. The predicted molar refractivity (Wildman–Crippen MR) is 237 cm³/mol. The number of Topliss-reactive ketones (excluding diaryl/α,β-unsaturated/α-hetero) is 1. The second-order valence-electron chi connectivity index (χ2n) is 15.4. The molecular formula is C45H75N5O13. The Morgan fingerprint density at radius 1 is 0.524 bits per heavy atom. The Labute approximate surface area is 373 Å². The molecule has 0 aromatic heterocycles. The van der Waals surface area contributed by atoms with Crippen LogP contribution in [0.3, 0.4) is 0 Å². The highest BCUT2D eigenvalue weighted by molar-refractivity contribution is 5.84. The van der Waals surface area contributed by atoms with Gasteiger partial charge in [0, 0.05) is 44.6 Å². The van der Waals surface area contributed by atoms with Crippen molar-refractivity contribution >= 4 is 47.0 Å². The number of hydrogen-bond donors (Lipinski definition) is 7. The summed E-state index contributed by atoms with van der Waals surface area (Å²) in [7, 11) is 0. The van der Waals surface area contributed by atoms with Gasteiger partial charge >= 0.3 is 11.9 Å². The van der Waals surface area contributed by atoms with Crippen molar-refractivity contribution in [3.05, 3.63) is 29.8 Å². The fourth-order valence-electron chi connectivity index (χ4n) is 6.14. The van der Waals surface area contributed by atoms with E-state index < -0.39 is 18.0 Å². The minimum absolute atomic E-state index is 0.0281. The van der Waals surface area contributed by atoms with Crippen LogP contribution in [-0.4, -0.2) is 130 Å². The highest BCUT2D eigenvalue weighted by atomic mass is 16.5. The molecule has 0 aliphatic rings. The summed E-state index contributed by atoms with van der Waals surface area (Å²) in [5.74, 6) is -3.13. The summed E-state index contributed by atoms with van der Waals surface area (Å²) in [4.78, 5) is 81.7. The third kappa shape index (κ3) is 36.5. The lowest BCUT2D eigenvalue weighted by molar-refractivity contribution is -0.142. The van der Waals surface area contributed by atoms with Gasteiger partial charge in [0.05, 0.1) is 46.2 Å². The number of carboxylic acids is 2. The first kappa shape index (κ1) is 56.4. The Balaban J connectivity index is 1.92. The van der Waals surface area contributed by atoms with Crippen molar-refractivity contribution in [2.45, 2.75) is 135 Å². The third-order valence-electron chi connectivity index (χ3n) is 9.67. The number of carbonyl (C=O) groups excluding carboxylic acids is 5. The Morgan fingerprint density at radius 2 is 0.984 bits per heavy atom. The number of carbonyl (C=O) groups is 7. The quantitative estimate of drug-likeness (QED) is 0.0452. The predicted octanol–water partition coefficient (Wildman–Crippen LogP) is 4.28. The van der Waals surface area contributed by atoms with E-state index >= 15 is 0 Å². The van der Waals surface area contributed by atoms with Crippen LogP contribution in [0.25, 0.3) is 0 Å². The molecular weight excluding hydrogens is 819 g/mol. The number of carboxylic acid groups (broad SMARTS) is 2. The second-order valence-corrected chi connectivity index (χ2v) is 15.4. The number of unbranched alkanes of at least 4 members (excludes halogenated alkanes) is 13. The molecule has 0 saturated carbocycles. The van der Waals surface area contributed by atoms with E-state index in [9.17, 15) is 38.7 Å². The Kier molecular flexibility index (Phi) is 34.9. The molecule has 18 nitrogen and oxygen atoms in total. The molecule has 4 amide bonds. The van der Waals surface area contributed by atoms with Gasteiger partial charge in [-0.25, -0.2) is 4.79 Å². The first-order valence-electron chi connectivity index (χ1n) is 22.6. The molecule has 1 atom stereocenters. The summed E-state index contributed by atoms with van der Waals surface area (Å²) in [6.07, 6.45) is 15.5. The van der Waals surface area contributed by atoms with Gasteiger partial charge in [0.25, 0.3) is 0 Å². The maximum absolute atomic E-state index is 12.3. The average molecular weight is 894 g/mol. The molecule has 18 heteroatoms. The summed E-state index contributed by atoms with van der Waals surface area (Å²) in [5, 5.41) is 31.8. The number of rotatable bonds is 43. The van der Waals surface area contributed by atoms with Gasteiger partial charge in [0.1, 0.15) is 25.0 Å². The van der Waals surface area contributed by atoms with E-state index in [1.807, 2.05) is 24.3 Å². The van der Waals surface area contributed by atoms with Crippen LogP contribution in [0.5, 0.6) is 0 Å². The highest BCUT2D eigenvalue weighted by Gasteiger charge is 2.21. The SMILES string of the molecule is CC(=O)CNc1ccc(CNC(=O)COCCOCCNC(=O)COCCOCCNC(=O)CC[C@H](NC(=O)CCCCCCCCCCCCCCCCC(=O)O)C(=O)O)cc1. The molecule has 0 spiro atoms. The zero-order chi connectivity index (χ0) is 46.2. The van der Waals surface area contributed by atoms with Crippen LogP contribution in [0, 0.1) is 0 Å². The van der Waals surface area contributed by atoms with Gasteiger partial charge in [-0.2, -0.15) is 0 Å². The lowest BCUT2D eigenvalue weighted by Crippen LogP contribution is -2.41. The summed E-state index contributed by atoms with van der Waals surface area (Å²) >= 11 is 0. The van der Waals surface area contributed by atoms with E-state index in [1.54, 1.807) is 0 Å². The Morgan fingerprint density at radius 3 is 1.48 bits per heavy atom. The maximum Gasteiger partial charge on any atom is 0.326 e. The fourth-order valence-corrected chi connectivity index (χ4v) is 6.14. The molecule has 358 valence electrons. The lowest BCUT2D eigenvalue weighted by Gasteiger charge is -2.14. The first-order valence-corrected chi connectivity index (χ1v) is 22.6. The summed E-state index contributed by atoms with van der Waals surface area (Å²) in [5.41, 5.74) is 1.73. The minimum Gasteiger partial charge on any atom is -0.481 e. The van der Waals surface area contributed by atoms with Crippen LogP contribution in [0.4, 0.5) is 5.69 Å². The number of anilines is 1. The van der Waals surface area contributed by atoms with Crippen molar-refractivity contribution in [1.29, 1.82) is 0 Å². The number of aliphatic carboxylic acids is 2. The monoisotopic (exact) mass is 894 g/mol. The average Bonchev–Trinajstić information content (AvgIpc) is 3.25. The fraction of sp³-hybridized carbons (Fsp3) is 0.711. The lowest BCUT2D eigenvalue weighted by atomic mass is 10.0. The molecule has 1 aromatic carbocycles. The van der Waals surface area contributed by atoms with E-state index in [4.69, 9.17) is 24.1 Å². The van der Waals surface area contributed by atoms with Crippen molar-refractivity contribution in [2.24, 2.45) is 0 Å². The number of ether oxygens (including phenoxy) is 4. The van der Waals surface area contributed by atoms with Gasteiger partial charge in [-0.05, 0) is 43.9 Å². The van der Waals surface area contributed by atoms with Crippen molar-refractivity contribution in [2.75, 3.05) is 77.8 Å². The van der Waals surface area contributed by atoms with Gasteiger partial charge in [-0.1, -0.05) is 89.2 Å². The van der Waals surface area contributed by atoms with Gasteiger partial charge in [0.2, 0.25) is 23.6 Å². The molecule has 63 heavy (non-hydrogen) atoms. The summed E-state index contributed by atoms with van der Waals surface area (Å²) in [6, 6.07) is 6.25. The van der Waals surface area contributed by atoms with Gasteiger partial charge in [0.15, 0.2) is 0 Å². The van der Waals surface area contributed by atoms with Gasteiger partial charge in [-0.15, -0.1) is 0 Å². The molecule has 0 bridgehead atoms. The van der Waals surface area contributed by atoms with Gasteiger partial charge < -0.3 is 55.7 Å². The zero-order valence-electron chi connectivity index (χ0n) is 37.5. The van der Waals surface area contributed by atoms with E-state index in [0.717, 1.165) is 49.8 Å². The molecule has 0 heterocycles. The molecule has 0 aliphatic carbocycles. The largest absolute Gasteiger partial charge is 0.481 e. The van der Waals surface area contributed by atoms with Gasteiger partial charge in [-0.3, -0.25) is 28.8 Å². The Hall–Kier alpha value is -4.65. The number of benzene rings is 1. The molecule has 1 rings (SSSR count). The second kappa shape index (κ2) is 39.0. The summed E-state index contributed by atoms with van der Waals surface area (Å²) in [6.45, 7) is 3.60. The first-order chi connectivity index (χ1) is 30.5. The smallest absolute Gasteiger partial charge is 0.326 e. The van der Waals surface area contributed by atoms with Crippen LogP contribution in [-0.2, 0) is 59.1 Å². The number of ketones is 1. The molecule has 7 N–H and O–H groups in total. The number of hydrogen-bond acceptors (Lipinski definition) is 12. The van der Waals surface area contributed by atoms with E-state index in [-0.39, 0.29) is 128 Å².